The Kier molecular flexibility index (Phi) is 6.39. The van der Waals surface area contributed by atoms with Crippen LogP contribution in [0.5, 0.6) is 0 Å². The molecule has 1 saturated carbocycles. The van der Waals surface area contributed by atoms with E-state index >= 15 is 0 Å². The molecule has 0 spiro atoms. The van der Waals surface area contributed by atoms with Crippen LogP contribution < -0.4 is 10.6 Å². The SMILES string of the molecule is O=C(Nc1ccc(C(=O)NC2CCCCCC2)cc1)C1=CSCCO1. The van der Waals surface area contributed by atoms with E-state index in [-0.39, 0.29) is 17.9 Å². The highest BCUT2D eigenvalue weighted by Gasteiger charge is 2.17. The molecule has 0 saturated heterocycles. The molecule has 1 aromatic carbocycles. The highest BCUT2D eigenvalue weighted by atomic mass is 32.2. The summed E-state index contributed by atoms with van der Waals surface area (Å²) in [6, 6.07) is 7.26. The maximum absolute atomic E-state index is 12.4. The number of ether oxygens (including phenoxy) is 1. The third-order valence-corrected chi connectivity index (χ3v) is 5.25. The minimum absolute atomic E-state index is 0.0421. The fourth-order valence-corrected chi connectivity index (χ4v) is 3.70. The third kappa shape index (κ3) is 5.26. The topological polar surface area (TPSA) is 67.4 Å². The molecule has 2 amide bonds. The summed E-state index contributed by atoms with van der Waals surface area (Å²) in [6.07, 6.45) is 7.02. The fourth-order valence-electron chi connectivity index (χ4n) is 3.08. The summed E-state index contributed by atoms with van der Waals surface area (Å²) in [7, 11) is 0. The van der Waals surface area contributed by atoms with Crippen LogP contribution in [0.3, 0.4) is 0 Å². The molecule has 0 unspecified atom stereocenters. The van der Waals surface area contributed by atoms with E-state index in [1.807, 2.05) is 0 Å². The fraction of sp³-hybridized carbons (Fsp3) is 0.474. The summed E-state index contributed by atoms with van der Waals surface area (Å²) >= 11 is 1.57. The maximum atomic E-state index is 12.4. The number of amides is 2. The Labute approximate surface area is 152 Å². The Hall–Kier alpha value is -1.95. The lowest BCUT2D eigenvalue weighted by Gasteiger charge is -2.16. The first-order valence-electron chi connectivity index (χ1n) is 8.89. The maximum Gasteiger partial charge on any atom is 0.291 e. The minimum Gasteiger partial charge on any atom is -0.487 e. The first-order chi connectivity index (χ1) is 12.2. The number of hydrogen-bond acceptors (Lipinski definition) is 4. The van der Waals surface area contributed by atoms with Crippen LogP contribution in [0.1, 0.15) is 48.9 Å². The number of hydrogen-bond donors (Lipinski definition) is 2. The highest BCUT2D eigenvalue weighted by molar-refractivity contribution is 8.02. The van der Waals surface area contributed by atoms with Gasteiger partial charge in [-0.05, 0) is 37.1 Å². The van der Waals surface area contributed by atoms with Gasteiger partial charge >= 0.3 is 0 Å². The molecule has 0 bridgehead atoms. The number of rotatable bonds is 4. The van der Waals surface area contributed by atoms with Crippen LogP contribution >= 0.6 is 11.8 Å². The molecule has 0 radical (unpaired) electrons. The first-order valence-corrected chi connectivity index (χ1v) is 9.94. The predicted octanol–water partition coefficient (Wildman–Crippen LogP) is 3.68. The molecule has 1 heterocycles. The van der Waals surface area contributed by atoms with E-state index in [0.717, 1.165) is 18.6 Å². The van der Waals surface area contributed by atoms with Crippen LogP contribution in [0, 0.1) is 0 Å². The van der Waals surface area contributed by atoms with E-state index in [0.29, 0.717) is 23.6 Å². The average Bonchev–Trinajstić information content (AvgIpc) is 2.91. The van der Waals surface area contributed by atoms with E-state index in [2.05, 4.69) is 10.6 Å². The molecule has 5 nitrogen and oxygen atoms in total. The van der Waals surface area contributed by atoms with Gasteiger partial charge in [0.05, 0.1) is 6.61 Å². The molecule has 25 heavy (non-hydrogen) atoms. The number of nitrogens with one attached hydrogen (secondary N) is 2. The van der Waals surface area contributed by atoms with Crippen LogP contribution in [0.4, 0.5) is 5.69 Å². The quantitative estimate of drug-likeness (QED) is 0.804. The number of thioether (sulfide) groups is 1. The van der Waals surface area contributed by atoms with Crippen molar-refractivity contribution in [2.24, 2.45) is 0 Å². The Morgan fingerprint density at radius 3 is 2.36 bits per heavy atom. The Balaban J connectivity index is 1.55. The zero-order chi connectivity index (χ0) is 17.5. The zero-order valence-electron chi connectivity index (χ0n) is 14.3. The molecule has 0 aromatic heterocycles. The van der Waals surface area contributed by atoms with E-state index in [1.54, 1.807) is 41.4 Å². The van der Waals surface area contributed by atoms with Gasteiger partial charge in [0.2, 0.25) is 0 Å². The summed E-state index contributed by atoms with van der Waals surface area (Å²) in [6.45, 7) is 0.546. The van der Waals surface area contributed by atoms with Gasteiger partial charge < -0.3 is 15.4 Å². The molecule has 1 aromatic rings. The molecule has 2 N–H and O–H groups in total. The largest absolute Gasteiger partial charge is 0.487 e. The van der Waals surface area contributed by atoms with Gasteiger partial charge in [0.1, 0.15) is 0 Å². The lowest BCUT2D eigenvalue weighted by atomic mass is 10.1. The summed E-state index contributed by atoms with van der Waals surface area (Å²) < 4.78 is 5.33. The second-order valence-electron chi connectivity index (χ2n) is 6.39. The van der Waals surface area contributed by atoms with Crippen LogP contribution in [0.2, 0.25) is 0 Å². The molecule has 0 atom stereocenters. The van der Waals surface area contributed by atoms with Gasteiger partial charge in [0.15, 0.2) is 5.76 Å². The zero-order valence-corrected chi connectivity index (χ0v) is 15.1. The van der Waals surface area contributed by atoms with Crippen molar-refractivity contribution >= 4 is 29.3 Å². The van der Waals surface area contributed by atoms with Gasteiger partial charge in [-0.25, -0.2) is 0 Å². The van der Waals surface area contributed by atoms with E-state index in [4.69, 9.17) is 4.74 Å². The molecule has 1 fully saturated rings. The van der Waals surface area contributed by atoms with Gasteiger partial charge in [0.25, 0.3) is 11.8 Å². The van der Waals surface area contributed by atoms with Crippen molar-refractivity contribution in [3.63, 3.8) is 0 Å². The Morgan fingerprint density at radius 1 is 1.00 bits per heavy atom. The monoisotopic (exact) mass is 360 g/mol. The normalized spacial score (nSPS) is 18.5. The van der Waals surface area contributed by atoms with Crippen molar-refractivity contribution in [3.8, 4) is 0 Å². The third-order valence-electron chi connectivity index (χ3n) is 4.47. The molecule has 134 valence electrons. The second kappa shape index (κ2) is 8.94. The standard InChI is InChI=1S/C19H24N2O3S/c22-18(20-15-5-3-1-2-4-6-15)14-7-9-16(10-8-14)21-19(23)17-13-25-12-11-24-17/h7-10,13,15H,1-6,11-12H2,(H,20,22)(H,21,23). The predicted molar refractivity (Wildman–Crippen MR) is 101 cm³/mol. The highest BCUT2D eigenvalue weighted by Crippen LogP contribution is 2.19. The lowest BCUT2D eigenvalue weighted by Crippen LogP contribution is -2.34. The Bertz CT molecular complexity index is 635. The molecule has 6 heteroatoms. The van der Waals surface area contributed by atoms with E-state index in [1.165, 1.54) is 25.7 Å². The lowest BCUT2D eigenvalue weighted by molar-refractivity contribution is -0.116. The van der Waals surface area contributed by atoms with Crippen molar-refractivity contribution in [1.82, 2.24) is 5.32 Å². The van der Waals surface area contributed by atoms with Crippen LogP contribution in [0.25, 0.3) is 0 Å². The summed E-state index contributed by atoms with van der Waals surface area (Å²) in [5, 5.41) is 7.65. The Morgan fingerprint density at radius 2 is 1.72 bits per heavy atom. The average molecular weight is 360 g/mol. The van der Waals surface area contributed by atoms with Crippen molar-refractivity contribution < 1.29 is 14.3 Å². The molecule has 1 aliphatic heterocycles. The number of carbonyl (C=O) groups excluding carboxylic acids is 2. The van der Waals surface area contributed by atoms with Gasteiger partial charge in [-0.15, -0.1) is 11.8 Å². The summed E-state index contributed by atoms with van der Waals surface area (Å²) in [4.78, 5) is 24.5. The molecular weight excluding hydrogens is 336 g/mol. The number of anilines is 1. The van der Waals surface area contributed by atoms with Crippen LogP contribution in [-0.2, 0) is 9.53 Å². The van der Waals surface area contributed by atoms with Crippen molar-refractivity contribution in [2.75, 3.05) is 17.7 Å². The van der Waals surface area contributed by atoms with Crippen molar-refractivity contribution in [2.45, 2.75) is 44.6 Å². The van der Waals surface area contributed by atoms with Gasteiger partial charge in [-0.2, -0.15) is 0 Å². The van der Waals surface area contributed by atoms with Crippen molar-refractivity contribution in [3.05, 3.63) is 41.0 Å². The molecule has 3 rings (SSSR count). The van der Waals surface area contributed by atoms with E-state index in [9.17, 15) is 9.59 Å². The van der Waals surface area contributed by atoms with E-state index < -0.39 is 0 Å². The molecular formula is C19H24N2O3S. The number of benzene rings is 1. The van der Waals surface area contributed by atoms with Crippen LogP contribution in [0.15, 0.2) is 35.4 Å². The van der Waals surface area contributed by atoms with Gasteiger partial charge in [-0.3, -0.25) is 9.59 Å². The molecule has 1 aliphatic carbocycles. The summed E-state index contributed by atoms with van der Waals surface area (Å²) in [5.74, 6) is 0.899. The first kappa shape index (κ1) is 17.9. The minimum atomic E-state index is -0.261. The van der Waals surface area contributed by atoms with Crippen LogP contribution in [-0.4, -0.2) is 30.2 Å². The number of carbonyl (C=O) groups is 2. The van der Waals surface area contributed by atoms with Crippen molar-refractivity contribution in [1.29, 1.82) is 0 Å². The summed E-state index contributed by atoms with van der Waals surface area (Å²) in [5.41, 5.74) is 1.27. The van der Waals surface area contributed by atoms with Gasteiger partial charge in [-0.1, -0.05) is 25.7 Å². The molecule has 2 aliphatic rings. The second-order valence-corrected chi connectivity index (χ2v) is 7.37. The van der Waals surface area contributed by atoms with Gasteiger partial charge in [0, 0.05) is 28.5 Å². The smallest absolute Gasteiger partial charge is 0.291 e.